The largest absolute Gasteiger partial charge is 0.392 e. The van der Waals surface area contributed by atoms with Gasteiger partial charge in [0.05, 0.1) is 34.0 Å². The van der Waals surface area contributed by atoms with Crippen LogP contribution in [-0.4, -0.2) is 40.9 Å². The fourth-order valence-corrected chi connectivity index (χ4v) is 4.92. The Kier molecular flexibility index (Phi) is 4.76. The van der Waals surface area contributed by atoms with E-state index in [0.717, 1.165) is 17.8 Å². The van der Waals surface area contributed by atoms with E-state index in [-0.39, 0.29) is 17.4 Å². The van der Waals surface area contributed by atoms with Crippen LogP contribution < -0.4 is 0 Å². The SMILES string of the molecule is CCc1nn(CC)c(CC(O)C2CCS(=O)(=O)C2)c1Cl. The van der Waals surface area contributed by atoms with Gasteiger partial charge in [-0.25, -0.2) is 8.42 Å². The third-order valence-corrected chi connectivity index (χ3v) is 6.14. The van der Waals surface area contributed by atoms with E-state index in [0.29, 0.717) is 24.4 Å². The van der Waals surface area contributed by atoms with Crippen LogP contribution in [0.3, 0.4) is 0 Å². The van der Waals surface area contributed by atoms with Crippen molar-refractivity contribution >= 4 is 21.4 Å². The molecule has 0 saturated carbocycles. The normalized spacial score (nSPS) is 23.1. The second-order valence-corrected chi connectivity index (χ2v) is 7.92. The lowest BCUT2D eigenvalue weighted by Crippen LogP contribution is -2.25. The monoisotopic (exact) mass is 320 g/mol. The zero-order valence-corrected chi connectivity index (χ0v) is 13.4. The summed E-state index contributed by atoms with van der Waals surface area (Å²) in [6.45, 7) is 4.64. The van der Waals surface area contributed by atoms with E-state index in [1.165, 1.54) is 0 Å². The number of rotatable bonds is 5. The topological polar surface area (TPSA) is 72.2 Å². The van der Waals surface area contributed by atoms with E-state index in [1.807, 2.05) is 13.8 Å². The van der Waals surface area contributed by atoms with Gasteiger partial charge < -0.3 is 5.11 Å². The molecule has 1 saturated heterocycles. The fraction of sp³-hybridized carbons (Fsp3) is 0.769. The summed E-state index contributed by atoms with van der Waals surface area (Å²) in [5, 5.41) is 15.3. The highest BCUT2D eigenvalue weighted by atomic mass is 35.5. The number of hydrogen-bond donors (Lipinski definition) is 1. The third-order valence-electron chi connectivity index (χ3n) is 3.91. The van der Waals surface area contributed by atoms with E-state index >= 15 is 0 Å². The minimum Gasteiger partial charge on any atom is -0.392 e. The number of aryl methyl sites for hydroxylation is 2. The predicted octanol–water partition coefficient (Wildman–Crippen LogP) is 1.46. The van der Waals surface area contributed by atoms with Crippen LogP contribution in [0.2, 0.25) is 5.02 Å². The molecule has 114 valence electrons. The predicted molar refractivity (Wildman–Crippen MR) is 78.8 cm³/mol. The molecular formula is C13H21ClN2O3S. The lowest BCUT2D eigenvalue weighted by atomic mass is 9.98. The summed E-state index contributed by atoms with van der Waals surface area (Å²) in [6.07, 6.45) is 0.950. The van der Waals surface area contributed by atoms with Crippen LogP contribution in [0, 0.1) is 5.92 Å². The lowest BCUT2D eigenvalue weighted by molar-refractivity contribution is 0.118. The molecule has 7 heteroatoms. The van der Waals surface area contributed by atoms with E-state index in [2.05, 4.69) is 5.10 Å². The Balaban J connectivity index is 2.15. The Hall–Kier alpha value is -0.590. The van der Waals surface area contributed by atoms with Crippen molar-refractivity contribution in [1.29, 1.82) is 0 Å². The average molecular weight is 321 g/mol. The smallest absolute Gasteiger partial charge is 0.150 e. The van der Waals surface area contributed by atoms with Crippen molar-refractivity contribution in [3.8, 4) is 0 Å². The zero-order chi connectivity index (χ0) is 14.9. The van der Waals surface area contributed by atoms with Crippen LogP contribution in [0.15, 0.2) is 0 Å². The standard InChI is InChI=1S/C13H21ClN2O3S/c1-3-10-13(14)11(16(4-2)15-10)7-12(17)9-5-6-20(18,19)8-9/h9,12,17H,3-8H2,1-2H3. The van der Waals surface area contributed by atoms with Crippen LogP contribution in [-0.2, 0) is 29.2 Å². The molecule has 1 aliphatic rings. The molecule has 0 amide bonds. The molecule has 2 heterocycles. The van der Waals surface area contributed by atoms with E-state index in [4.69, 9.17) is 11.6 Å². The highest BCUT2D eigenvalue weighted by molar-refractivity contribution is 7.91. The van der Waals surface area contributed by atoms with Crippen LogP contribution in [0.5, 0.6) is 0 Å². The summed E-state index contributed by atoms with van der Waals surface area (Å²) < 4.78 is 24.8. The number of hydrogen-bond acceptors (Lipinski definition) is 4. The summed E-state index contributed by atoms with van der Waals surface area (Å²) in [6, 6.07) is 0. The molecule has 0 bridgehead atoms. The van der Waals surface area contributed by atoms with Gasteiger partial charge in [-0.1, -0.05) is 18.5 Å². The van der Waals surface area contributed by atoms with Crippen molar-refractivity contribution in [3.63, 3.8) is 0 Å². The van der Waals surface area contributed by atoms with Crippen molar-refractivity contribution in [2.24, 2.45) is 5.92 Å². The molecule has 2 atom stereocenters. The maximum absolute atomic E-state index is 11.5. The Bertz CT molecular complexity index is 583. The molecule has 1 aliphatic heterocycles. The summed E-state index contributed by atoms with van der Waals surface area (Å²) in [4.78, 5) is 0. The lowest BCUT2D eigenvalue weighted by Gasteiger charge is -2.17. The Morgan fingerprint density at radius 3 is 2.70 bits per heavy atom. The van der Waals surface area contributed by atoms with Gasteiger partial charge in [0.1, 0.15) is 0 Å². The average Bonchev–Trinajstić information content (AvgIpc) is 2.91. The van der Waals surface area contributed by atoms with Gasteiger partial charge >= 0.3 is 0 Å². The van der Waals surface area contributed by atoms with Crippen LogP contribution in [0.25, 0.3) is 0 Å². The molecule has 0 spiro atoms. The highest BCUT2D eigenvalue weighted by Gasteiger charge is 2.33. The molecule has 20 heavy (non-hydrogen) atoms. The molecule has 2 rings (SSSR count). The van der Waals surface area contributed by atoms with Gasteiger partial charge in [-0.2, -0.15) is 5.10 Å². The van der Waals surface area contributed by atoms with Crippen molar-refractivity contribution < 1.29 is 13.5 Å². The van der Waals surface area contributed by atoms with Gasteiger partial charge in [0, 0.05) is 18.9 Å². The second-order valence-electron chi connectivity index (χ2n) is 5.31. The molecule has 1 aromatic heterocycles. The van der Waals surface area contributed by atoms with Crippen molar-refractivity contribution in [1.82, 2.24) is 9.78 Å². The number of aliphatic hydroxyl groups excluding tert-OH is 1. The van der Waals surface area contributed by atoms with Crippen molar-refractivity contribution in [2.75, 3.05) is 11.5 Å². The molecule has 0 aromatic carbocycles. The van der Waals surface area contributed by atoms with Gasteiger partial charge in [-0.3, -0.25) is 4.68 Å². The van der Waals surface area contributed by atoms with Crippen LogP contribution in [0.1, 0.15) is 31.7 Å². The molecule has 1 fully saturated rings. The first-order chi connectivity index (χ1) is 9.38. The maximum atomic E-state index is 11.5. The Morgan fingerprint density at radius 1 is 1.50 bits per heavy atom. The number of aromatic nitrogens is 2. The first-order valence-corrected chi connectivity index (χ1v) is 9.20. The molecule has 0 aliphatic carbocycles. The number of halogens is 1. The molecule has 1 aromatic rings. The van der Waals surface area contributed by atoms with Crippen molar-refractivity contribution in [3.05, 3.63) is 16.4 Å². The molecule has 1 N–H and O–H groups in total. The van der Waals surface area contributed by atoms with E-state index < -0.39 is 15.9 Å². The molecule has 0 radical (unpaired) electrons. The van der Waals surface area contributed by atoms with E-state index in [9.17, 15) is 13.5 Å². The Morgan fingerprint density at radius 2 is 2.20 bits per heavy atom. The number of sulfone groups is 1. The molecule has 5 nitrogen and oxygen atoms in total. The van der Waals surface area contributed by atoms with E-state index in [1.54, 1.807) is 4.68 Å². The minimum atomic E-state index is -2.97. The maximum Gasteiger partial charge on any atom is 0.150 e. The fourth-order valence-electron chi connectivity index (χ4n) is 2.70. The van der Waals surface area contributed by atoms with Gasteiger partial charge in [-0.15, -0.1) is 0 Å². The first kappa shape index (κ1) is 15.8. The van der Waals surface area contributed by atoms with Crippen molar-refractivity contribution in [2.45, 2.75) is 45.8 Å². The minimum absolute atomic E-state index is 0.0761. The van der Waals surface area contributed by atoms with Crippen LogP contribution in [0.4, 0.5) is 0 Å². The zero-order valence-electron chi connectivity index (χ0n) is 11.8. The van der Waals surface area contributed by atoms with Gasteiger partial charge in [0.15, 0.2) is 9.84 Å². The summed E-state index contributed by atoms with van der Waals surface area (Å²) in [5.74, 6) is 0.0592. The van der Waals surface area contributed by atoms with Gasteiger partial charge in [0.2, 0.25) is 0 Å². The summed E-state index contributed by atoms with van der Waals surface area (Å²) in [5.41, 5.74) is 1.64. The number of aliphatic hydroxyl groups is 1. The number of nitrogens with zero attached hydrogens (tertiary/aromatic N) is 2. The molecular weight excluding hydrogens is 300 g/mol. The van der Waals surface area contributed by atoms with Gasteiger partial charge in [-0.05, 0) is 19.8 Å². The quantitative estimate of drug-likeness (QED) is 0.891. The van der Waals surface area contributed by atoms with Crippen LogP contribution >= 0.6 is 11.6 Å². The molecule has 2 unspecified atom stereocenters. The van der Waals surface area contributed by atoms with Gasteiger partial charge in [0.25, 0.3) is 0 Å². The summed E-state index contributed by atoms with van der Waals surface area (Å²) in [7, 11) is -2.97. The summed E-state index contributed by atoms with van der Waals surface area (Å²) >= 11 is 6.30. The third kappa shape index (κ3) is 3.18. The first-order valence-electron chi connectivity index (χ1n) is 7.00. The second kappa shape index (κ2) is 6.03. The highest BCUT2D eigenvalue weighted by Crippen LogP contribution is 2.28. The Labute approximate surface area is 124 Å².